The van der Waals surface area contributed by atoms with E-state index in [1.807, 2.05) is 44.2 Å². The molecule has 2 rings (SSSR count). The first kappa shape index (κ1) is 17.0. The van der Waals surface area contributed by atoms with Crippen molar-refractivity contribution in [3.05, 3.63) is 47.8 Å². The number of hydrogen-bond donors (Lipinski definition) is 2. The van der Waals surface area contributed by atoms with E-state index in [-0.39, 0.29) is 18.6 Å². The predicted octanol–water partition coefficient (Wildman–Crippen LogP) is 1.73. The third-order valence-electron chi connectivity index (χ3n) is 3.85. The van der Waals surface area contributed by atoms with Gasteiger partial charge in [-0.15, -0.1) is 0 Å². The van der Waals surface area contributed by atoms with Crippen LogP contribution < -0.4 is 10.2 Å². The summed E-state index contributed by atoms with van der Waals surface area (Å²) in [6.45, 7) is 2.69. The highest BCUT2D eigenvalue weighted by atomic mass is 16.3. The molecule has 0 bridgehead atoms. The third-order valence-corrected chi connectivity index (χ3v) is 3.85. The van der Waals surface area contributed by atoms with Crippen LogP contribution in [-0.4, -0.2) is 41.0 Å². The second-order valence-electron chi connectivity index (χ2n) is 5.57. The molecule has 0 unspecified atom stereocenters. The van der Waals surface area contributed by atoms with E-state index in [1.54, 1.807) is 23.0 Å². The van der Waals surface area contributed by atoms with Crippen molar-refractivity contribution in [1.29, 1.82) is 0 Å². The Kier molecular flexibility index (Phi) is 5.76. The van der Waals surface area contributed by atoms with E-state index < -0.39 is 0 Å². The Morgan fingerprint density at radius 1 is 1.39 bits per heavy atom. The number of benzene rings is 1. The maximum atomic E-state index is 12.4. The number of anilines is 1. The van der Waals surface area contributed by atoms with E-state index in [1.165, 1.54) is 0 Å². The number of aryl methyl sites for hydroxylation is 1. The number of aliphatic hydroxyl groups is 1. The molecule has 0 aliphatic rings. The highest BCUT2D eigenvalue weighted by Gasteiger charge is 2.15. The van der Waals surface area contributed by atoms with Crippen molar-refractivity contribution in [3.63, 3.8) is 0 Å². The number of amides is 1. The highest BCUT2D eigenvalue weighted by Crippen LogP contribution is 2.18. The largest absolute Gasteiger partial charge is 0.395 e. The van der Waals surface area contributed by atoms with Crippen LogP contribution in [0.1, 0.15) is 35.3 Å². The molecule has 124 valence electrons. The molecule has 0 radical (unpaired) electrons. The third kappa shape index (κ3) is 4.32. The lowest BCUT2D eigenvalue weighted by molar-refractivity contribution is 0.0935. The number of likely N-dealkylation sites (N-methyl/N-ethyl adjacent to an activating group) is 1. The first-order valence-electron chi connectivity index (χ1n) is 7.76. The Labute approximate surface area is 136 Å². The molecule has 0 fully saturated rings. The van der Waals surface area contributed by atoms with Crippen LogP contribution in [0.15, 0.2) is 36.7 Å². The van der Waals surface area contributed by atoms with Crippen LogP contribution in [0.25, 0.3) is 0 Å². The zero-order valence-corrected chi connectivity index (χ0v) is 13.9. The van der Waals surface area contributed by atoms with E-state index in [4.69, 9.17) is 5.11 Å². The Bertz CT molecular complexity index is 636. The maximum Gasteiger partial charge on any atom is 0.251 e. The molecule has 1 amide bonds. The van der Waals surface area contributed by atoms with E-state index >= 15 is 0 Å². The average molecular weight is 316 g/mol. The number of aliphatic hydroxyl groups excluding tert-OH is 1. The fourth-order valence-electron chi connectivity index (χ4n) is 2.43. The molecule has 2 N–H and O–H groups in total. The summed E-state index contributed by atoms with van der Waals surface area (Å²) in [5, 5.41) is 16.2. The summed E-state index contributed by atoms with van der Waals surface area (Å²) in [6, 6.07) is 7.32. The SMILES string of the molecule is CC[C@@H](NC(=O)c1ccc(N(C)CCO)cc1)c1cnn(C)c1. The van der Waals surface area contributed by atoms with Crippen molar-refractivity contribution in [3.8, 4) is 0 Å². The summed E-state index contributed by atoms with van der Waals surface area (Å²) in [7, 11) is 3.76. The van der Waals surface area contributed by atoms with Crippen LogP contribution in [0.2, 0.25) is 0 Å². The molecular weight excluding hydrogens is 292 g/mol. The summed E-state index contributed by atoms with van der Waals surface area (Å²) < 4.78 is 1.73. The molecule has 23 heavy (non-hydrogen) atoms. The number of carbonyl (C=O) groups excluding carboxylic acids is 1. The number of rotatable bonds is 7. The van der Waals surface area contributed by atoms with Crippen LogP contribution in [0.4, 0.5) is 5.69 Å². The predicted molar refractivity (Wildman–Crippen MR) is 90.5 cm³/mol. The summed E-state index contributed by atoms with van der Waals surface area (Å²) in [6.07, 6.45) is 4.50. The molecule has 0 saturated heterocycles. The molecule has 1 heterocycles. The van der Waals surface area contributed by atoms with Gasteiger partial charge in [0.15, 0.2) is 0 Å². The van der Waals surface area contributed by atoms with Crippen molar-refractivity contribution in [1.82, 2.24) is 15.1 Å². The molecule has 0 aliphatic heterocycles. The lowest BCUT2D eigenvalue weighted by atomic mass is 10.1. The minimum Gasteiger partial charge on any atom is -0.395 e. The average Bonchev–Trinajstić information content (AvgIpc) is 2.99. The first-order valence-corrected chi connectivity index (χ1v) is 7.76. The number of aromatic nitrogens is 2. The second-order valence-corrected chi connectivity index (χ2v) is 5.57. The van der Waals surface area contributed by atoms with Gasteiger partial charge in [0.2, 0.25) is 0 Å². The topological polar surface area (TPSA) is 70.4 Å². The van der Waals surface area contributed by atoms with Gasteiger partial charge in [0.1, 0.15) is 0 Å². The monoisotopic (exact) mass is 316 g/mol. The molecule has 1 aromatic heterocycles. The quantitative estimate of drug-likeness (QED) is 0.816. The first-order chi connectivity index (χ1) is 11.0. The minimum absolute atomic E-state index is 0.0482. The Morgan fingerprint density at radius 2 is 2.09 bits per heavy atom. The fourth-order valence-corrected chi connectivity index (χ4v) is 2.43. The van der Waals surface area contributed by atoms with Gasteiger partial charge in [0, 0.05) is 43.7 Å². The summed E-state index contributed by atoms with van der Waals surface area (Å²) >= 11 is 0. The van der Waals surface area contributed by atoms with Crippen molar-refractivity contribution in [2.45, 2.75) is 19.4 Å². The Morgan fingerprint density at radius 3 is 2.61 bits per heavy atom. The van der Waals surface area contributed by atoms with Gasteiger partial charge < -0.3 is 15.3 Å². The van der Waals surface area contributed by atoms with Gasteiger partial charge in [-0.2, -0.15) is 5.10 Å². The van der Waals surface area contributed by atoms with Gasteiger partial charge in [-0.1, -0.05) is 6.92 Å². The Balaban J connectivity index is 2.05. The smallest absolute Gasteiger partial charge is 0.251 e. The van der Waals surface area contributed by atoms with Gasteiger partial charge in [-0.3, -0.25) is 9.48 Å². The summed E-state index contributed by atoms with van der Waals surface area (Å²) in [5.41, 5.74) is 2.59. The van der Waals surface area contributed by atoms with Gasteiger partial charge in [-0.25, -0.2) is 0 Å². The number of hydrogen-bond acceptors (Lipinski definition) is 4. The number of nitrogens with zero attached hydrogens (tertiary/aromatic N) is 3. The molecule has 0 saturated carbocycles. The van der Waals surface area contributed by atoms with Crippen LogP contribution >= 0.6 is 0 Å². The normalized spacial score (nSPS) is 12.0. The highest BCUT2D eigenvalue weighted by molar-refractivity contribution is 5.94. The van der Waals surface area contributed by atoms with Gasteiger partial charge in [0.05, 0.1) is 18.8 Å². The van der Waals surface area contributed by atoms with Crippen LogP contribution in [0.5, 0.6) is 0 Å². The molecule has 6 heteroatoms. The van der Waals surface area contributed by atoms with E-state index in [9.17, 15) is 4.79 Å². The van der Waals surface area contributed by atoms with E-state index in [0.717, 1.165) is 17.7 Å². The van der Waals surface area contributed by atoms with Crippen LogP contribution in [-0.2, 0) is 7.05 Å². The molecule has 0 spiro atoms. The summed E-state index contributed by atoms with van der Waals surface area (Å²) in [5.74, 6) is -0.0999. The summed E-state index contributed by atoms with van der Waals surface area (Å²) in [4.78, 5) is 14.3. The number of carbonyl (C=O) groups is 1. The van der Waals surface area contributed by atoms with Gasteiger partial charge in [0.25, 0.3) is 5.91 Å². The lowest BCUT2D eigenvalue weighted by Gasteiger charge is -2.19. The Hall–Kier alpha value is -2.34. The number of nitrogens with one attached hydrogen (secondary N) is 1. The molecular formula is C17H24N4O2. The van der Waals surface area contributed by atoms with Gasteiger partial charge >= 0.3 is 0 Å². The molecule has 2 aromatic rings. The van der Waals surface area contributed by atoms with Crippen molar-refractivity contribution in [2.24, 2.45) is 7.05 Å². The molecule has 1 atom stereocenters. The van der Waals surface area contributed by atoms with Crippen molar-refractivity contribution in [2.75, 3.05) is 25.1 Å². The zero-order chi connectivity index (χ0) is 16.8. The molecule has 0 aliphatic carbocycles. The van der Waals surface area contributed by atoms with Crippen LogP contribution in [0.3, 0.4) is 0 Å². The fraction of sp³-hybridized carbons (Fsp3) is 0.412. The van der Waals surface area contributed by atoms with Crippen molar-refractivity contribution < 1.29 is 9.90 Å². The minimum atomic E-state index is -0.0999. The van der Waals surface area contributed by atoms with E-state index in [2.05, 4.69) is 10.4 Å². The van der Waals surface area contributed by atoms with Gasteiger partial charge in [-0.05, 0) is 30.7 Å². The van der Waals surface area contributed by atoms with Crippen LogP contribution in [0, 0.1) is 0 Å². The second kappa shape index (κ2) is 7.78. The van der Waals surface area contributed by atoms with E-state index in [0.29, 0.717) is 12.1 Å². The maximum absolute atomic E-state index is 12.4. The molecule has 1 aromatic carbocycles. The lowest BCUT2D eigenvalue weighted by Crippen LogP contribution is -2.28. The molecule has 6 nitrogen and oxygen atoms in total. The zero-order valence-electron chi connectivity index (χ0n) is 13.9. The standard InChI is InChI=1S/C17H24N4O2/c1-4-16(14-11-18-21(3)12-14)19-17(23)13-5-7-15(8-6-13)20(2)9-10-22/h5-8,11-12,16,22H,4,9-10H2,1-3H3,(H,19,23)/t16-/m1/s1. The van der Waals surface area contributed by atoms with Crippen molar-refractivity contribution >= 4 is 11.6 Å².